The van der Waals surface area contributed by atoms with Crippen molar-refractivity contribution in [1.82, 2.24) is 0 Å². The molecule has 1 N–H and O–H groups in total. The van der Waals surface area contributed by atoms with E-state index >= 15 is 0 Å². The molecule has 0 heterocycles. The second-order valence-corrected chi connectivity index (χ2v) is 5.60. The third-order valence-corrected chi connectivity index (χ3v) is 3.77. The number of carbonyl (C=O) groups is 1. The number of benzene rings is 2. The zero-order valence-corrected chi connectivity index (χ0v) is 13.2. The van der Waals surface area contributed by atoms with Crippen LogP contribution in [0.2, 0.25) is 0 Å². The zero-order valence-electron chi connectivity index (χ0n) is 9.49. The van der Waals surface area contributed by atoms with Crippen molar-refractivity contribution >= 4 is 50.1 Å². The summed E-state index contributed by atoms with van der Waals surface area (Å²) in [5, 5.41) is 3.70. The number of nitrogens with one attached hydrogen (secondary N) is 1. The number of alkyl halides is 1. The molecule has 18 heavy (non-hydrogen) atoms. The highest BCUT2D eigenvalue weighted by Crippen LogP contribution is 2.14. The maximum absolute atomic E-state index is 12.0. The van der Waals surface area contributed by atoms with Crippen molar-refractivity contribution in [3.05, 3.63) is 63.2 Å². The Kier molecular flexibility index (Phi) is 4.77. The minimum Gasteiger partial charge on any atom is -0.322 e. The van der Waals surface area contributed by atoms with Crippen LogP contribution in [-0.4, -0.2) is 5.91 Å². The first-order chi connectivity index (χ1) is 8.69. The summed E-state index contributed by atoms with van der Waals surface area (Å²) in [4.78, 5) is 12.0. The maximum atomic E-state index is 12.0. The topological polar surface area (TPSA) is 29.1 Å². The van der Waals surface area contributed by atoms with Crippen LogP contribution in [0, 0.1) is 3.57 Å². The largest absolute Gasteiger partial charge is 0.322 e. The Bertz CT molecular complexity index is 554. The molecule has 0 radical (unpaired) electrons. The molecule has 0 aliphatic heterocycles. The molecule has 2 rings (SSSR count). The highest BCUT2D eigenvalue weighted by atomic mass is 127. The molecule has 2 nitrogen and oxygen atoms in total. The number of amides is 1. The lowest BCUT2D eigenvalue weighted by molar-refractivity contribution is 0.102. The van der Waals surface area contributed by atoms with Crippen LogP contribution in [0.15, 0.2) is 48.5 Å². The number of halogens is 2. The third-order valence-electron chi connectivity index (χ3n) is 2.45. The Balaban J connectivity index is 2.11. The summed E-state index contributed by atoms with van der Waals surface area (Å²) in [6, 6.07) is 15.3. The van der Waals surface area contributed by atoms with Gasteiger partial charge < -0.3 is 5.32 Å². The van der Waals surface area contributed by atoms with E-state index in [-0.39, 0.29) is 5.91 Å². The van der Waals surface area contributed by atoms with Crippen molar-refractivity contribution in [3.63, 3.8) is 0 Å². The number of rotatable bonds is 3. The number of hydrogen-bond donors (Lipinski definition) is 1. The highest BCUT2D eigenvalue weighted by molar-refractivity contribution is 14.1. The van der Waals surface area contributed by atoms with Crippen molar-refractivity contribution < 1.29 is 4.79 Å². The summed E-state index contributed by atoms with van der Waals surface area (Å²) in [5.74, 6) is -0.0832. The minimum atomic E-state index is -0.0832. The normalized spacial score (nSPS) is 10.1. The molecule has 2 aromatic carbocycles. The van der Waals surface area contributed by atoms with E-state index in [9.17, 15) is 4.79 Å². The van der Waals surface area contributed by atoms with Crippen LogP contribution in [0.1, 0.15) is 15.9 Å². The number of hydrogen-bond acceptors (Lipinski definition) is 1. The van der Waals surface area contributed by atoms with Gasteiger partial charge in [0.1, 0.15) is 0 Å². The molecule has 0 unspecified atom stereocenters. The molecular weight excluding hydrogens is 405 g/mol. The first-order valence-corrected chi connectivity index (χ1v) is 7.61. The van der Waals surface area contributed by atoms with Crippen molar-refractivity contribution in [2.24, 2.45) is 0 Å². The molecule has 0 aliphatic rings. The van der Waals surface area contributed by atoms with E-state index in [1.807, 2.05) is 48.5 Å². The second-order valence-electron chi connectivity index (χ2n) is 3.80. The number of carbonyl (C=O) groups excluding carboxylic acids is 1. The number of anilines is 1. The highest BCUT2D eigenvalue weighted by Gasteiger charge is 2.05. The molecular formula is C14H11BrINO. The molecule has 0 fully saturated rings. The molecule has 0 spiro atoms. The molecule has 0 bridgehead atoms. The van der Waals surface area contributed by atoms with Gasteiger partial charge in [-0.15, -0.1) is 0 Å². The van der Waals surface area contributed by atoms with Crippen LogP contribution in [0.5, 0.6) is 0 Å². The summed E-state index contributed by atoms with van der Waals surface area (Å²) in [6.45, 7) is 0. The van der Waals surface area contributed by atoms with Gasteiger partial charge in [0.2, 0.25) is 0 Å². The standard InChI is InChI=1S/C14H11BrINO/c15-9-10-4-6-13(7-5-10)17-14(18)11-2-1-3-12(16)8-11/h1-8H,9H2,(H,17,18). The van der Waals surface area contributed by atoms with Gasteiger partial charge in [-0.1, -0.05) is 34.1 Å². The molecule has 0 atom stereocenters. The fraction of sp³-hybridized carbons (Fsp3) is 0.0714. The van der Waals surface area contributed by atoms with E-state index in [0.29, 0.717) is 5.56 Å². The Hall–Kier alpha value is -0.880. The van der Waals surface area contributed by atoms with E-state index in [1.54, 1.807) is 0 Å². The SMILES string of the molecule is O=C(Nc1ccc(CBr)cc1)c1cccc(I)c1. The van der Waals surface area contributed by atoms with Crippen LogP contribution in [0.3, 0.4) is 0 Å². The fourth-order valence-corrected chi connectivity index (χ4v) is 2.43. The first kappa shape index (κ1) is 13.5. The van der Waals surface area contributed by atoms with Gasteiger partial charge in [0.25, 0.3) is 5.91 Å². The van der Waals surface area contributed by atoms with Gasteiger partial charge in [-0.3, -0.25) is 4.79 Å². The summed E-state index contributed by atoms with van der Waals surface area (Å²) in [6.07, 6.45) is 0. The van der Waals surface area contributed by atoms with Crippen molar-refractivity contribution in [2.75, 3.05) is 5.32 Å². The van der Waals surface area contributed by atoms with Gasteiger partial charge in [0, 0.05) is 20.2 Å². The summed E-state index contributed by atoms with van der Waals surface area (Å²) in [7, 11) is 0. The lowest BCUT2D eigenvalue weighted by Gasteiger charge is -2.06. The lowest BCUT2D eigenvalue weighted by Crippen LogP contribution is -2.11. The first-order valence-electron chi connectivity index (χ1n) is 5.41. The van der Waals surface area contributed by atoms with Crippen LogP contribution in [-0.2, 0) is 5.33 Å². The zero-order chi connectivity index (χ0) is 13.0. The van der Waals surface area contributed by atoms with Crippen LogP contribution in [0.4, 0.5) is 5.69 Å². The maximum Gasteiger partial charge on any atom is 0.255 e. The second kappa shape index (κ2) is 6.33. The quantitative estimate of drug-likeness (QED) is 0.582. The smallest absolute Gasteiger partial charge is 0.255 e. The molecule has 0 aliphatic carbocycles. The van der Waals surface area contributed by atoms with E-state index in [4.69, 9.17) is 0 Å². The molecule has 0 aromatic heterocycles. The molecule has 92 valence electrons. The molecule has 0 saturated carbocycles. The molecule has 2 aromatic rings. The average molecular weight is 416 g/mol. The van der Waals surface area contributed by atoms with Gasteiger partial charge in [0.05, 0.1) is 0 Å². The molecule has 4 heteroatoms. The van der Waals surface area contributed by atoms with Crippen molar-refractivity contribution in [3.8, 4) is 0 Å². The fourth-order valence-electron chi connectivity index (χ4n) is 1.51. The van der Waals surface area contributed by atoms with Crippen molar-refractivity contribution in [1.29, 1.82) is 0 Å². The predicted octanol–water partition coefficient (Wildman–Crippen LogP) is 4.44. The van der Waals surface area contributed by atoms with Crippen LogP contribution < -0.4 is 5.32 Å². The predicted molar refractivity (Wildman–Crippen MR) is 86.2 cm³/mol. The van der Waals surface area contributed by atoms with E-state index < -0.39 is 0 Å². The van der Waals surface area contributed by atoms with E-state index in [0.717, 1.165) is 14.6 Å². The Morgan fingerprint density at radius 1 is 1.17 bits per heavy atom. The Labute approximate surface area is 128 Å². The van der Waals surface area contributed by atoms with E-state index in [2.05, 4.69) is 43.8 Å². The van der Waals surface area contributed by atoms with Gasteiger partial charge in [-0.2, -0.15) is 0 Å². The van der Waals surface area contributed by atoms with Crippen molar-refractivity contribution in [2.45, 2.75) is 5.33 Å². The molecule has 1 amide bonds. The monoisotopic (exact) mass is 415 g/mol. The van der Waals surface area contributed by atoms with Gasteiger partial charge >= 0.3 is 0 Å². The minimum absolute atomic E-state index is 0.0832. The summed E-state index contributed by atoms with van der Waals surface area (Å²) < 4.78 is 1.05. The summed E-state index contributed by atoms with van der Waals surface area (Å²) in [5.41, 5.74) is 2.66. The Morgan fingerprint density at radius 3 is 2.50 bits per heavy atom. The lowest BCUT2D eigenvalue weighted by atomic mass is 10.2. The summed E-state index contributed by atoms with van der Waals surface area (Å²) >= 11 is 5.58. The molecule has 0 saturated heterocycles. The van der Waals surface area contributed by atoms with Gasteiger partial charge in [0.15, 0.2) is 0 Å². The average Bonchev–Trinajstić information content (AvgIpc) is 2.39. The van der Waals surface area contributed by atoms with Crippen LogP contribution >= 0.6 is 38.5 Å². The third kappa shape index (κ3) is 3.55. The van der Waals surface area contributed by atoms with E-state index in [1.165, 1.54) is 5.56 Å². The van der Waals surface area contributed by atoms with Gasteiger partial charge in [-0.05, 0) is 58.5 Å². The van der Waals surface area contributed by atoms with Gasteiger partial charge in [-0.25, -0.2) is 0 Å². The Morgan fingerprint density at radius 2 is 1.89 bits per heavy atom. The van der Waals surface area contributed by atoms with Crippen LogP contribution in [0.25, 0.3) is 0 Å².